The van der Waals surface area contributed by atoms with E-state index < -0.39 is 0 Å². The smallest absolute Gasteiger partial charge is 0.0495 e. The lowest BCUT2D eigenvalue weighted by atomic mass is 9.80. The first-order chi connectivity index (χ1) is 26.6. The van der Waals surface area contributed by atoms with Crippen LogP contribution in [0.15, 0.2) is 133 Å². The van der Waals surface area contributed by atoms with Crippen LogP contribution < -0.4 is 9.80 Å². The molecule has 0 aromatic heterocycles. The van der Waals surface area contributed by atoms with Gasteiger partial charge in [0.25, 0.3) is 0 Å². The molecule has 6 unspecified atom stereocenters. The summed E-state index contributed by atoms with van der Waals surface area (Å²) in [4.78, 5) is 5.32. The van der Waals surface area contributed by atoms with Gasteiger partial charge in [0, 0.05) is 51.1 Å². The second kappa shape index (κ2) is 11.5. The lowest BCUT2D eigenvalue weighted by Gasteiger charge is -2.38. The number of anilines is 4. The molecular weight excluding hydrogens is 665 g/mol. The van der Waals surface area contributed by atoms with E-state index in [1.54, 1.807) is 0 Å². The molecule has 2 heterocycles. The Balaban J connectivity index is 0.952. The number of rotatable bonds is 4. The van der Waals surface area contributed by atoms with Crippen LogP contribution in [0.25, 0.3) is 33.4 Å². The number of hydrogen-bond donors (Lipinski definition) is 0. The van der Waals surface area contributed by atoms with Crippen LogP contribution >= 0.6 is 0 Å². The second-order valence-electron chi connectivity index (χ2n) is 18.7. The zero-order valence-corrected chi connectivity index (χ0v) is 33.2. The molecule has 2 aliphatic heterocycles. The molecule has 0 N–H and O–H groups in total. The minimum atomic E-state index is -0.102. The van der Waals surface area contributed by atoms with Crippen LogP contribution in [0, 0.1) is 11.8 Å². The largest absolute Gasteiger partial charge is 0.335 e. The standard InChI is InChI=1S/C53H52N2/c1-33-25-27-52(5)49(33)43-29-35(19-23-47(43)54(52)39-13-9-7-10-14-39)37-17-21-41-42-22-18-38(32-46(42)51(3,4)45(41)31-37)36-20-24-48-44(30-36)50-34(2)26-28-53(50,6)55(48)40-15-11-8-12-16-40/h7-24,29-34,49-50H,25-28H2,1-6H3. The summed E-state index contributed by atoms with van der Waals surface area (Å²) in [7, 11) is 0. The van der Waals surface area contributed by atoms with Crippen molar-refractivity contribution < 1.29 is 0 Å². The van der Waals surface area contributed by atoms with Crippen molar-refractivity contribution in [1.29, 1.82) is 0 Å². The Kier molecular flexibility index (Phi) is 6.95. The van der Waals surface area contributed by atoms with E-state index in [2.05, 4.69) is 185 Å². The maximum atomic E-state index is 2.66. The van der Waals surface area contributed by atoms with Crippen LogP contribution in [0.1, 0.15) is 101 Å². The first-order valence-electron chi connectivity index (χ1n) is 20.9. The molecule has 2 fully saturated rings. The summed E-state index contributed by atoms with van der Waals surface area (Å²) < 4.78 is 0. The molecule has 6 aromatic rings. The molecule has 5 aliphatic rings. The highest BCUT2D eigenvalue weighted by molar-refractivity contribution is 5.88. The van der Waals surface area contributed by atoms with Gasteiger partial charge in [0.05, 0.1) is 0 Å². The Morgan fingerprint density at radius 2 is 0.836 bits per heavy atom. The highest BCUT2D eigenvalue weighted by atomic mass is 15.3. The molecule has 6 aromatic carbocycles. The molecule has 11 rings (SSSR count). The van der Waals surface area contributed by atoms with E-state index in [4.69, 9.17) is 0 Å². The third-order valence-corrected chi connectivity index (χ3v) is 15.3. The van der Waals surface area contributed by atoms with Gasteiger partial charge in [-0.3, -0.25) is 0 Å². The van der Waals surface area contributed by atoms with Gasteiger partial charge in [0.1, 0.15) is 0 Å². The van der Waals surface area contributed by atoms with Crippen molar-refractivity contribution >= 4 is 22.7 Å². The average Bonchev–Trinajstić information content (AvgIpc) is 3.91. The lowest BCUT2D eigenvalue weighted by Crippen LogP contribution is -2.40. The van der Waals surface area contributed by atoms with Crippen LogP contribution in [0.2, 0.25) is 0 Å². The van der Waals surface area contributed by atoms with Gasteiger partial charge in [0.15, 0.2) is 0 Å². The number of para-hydroxylation sites is 2. The van der Waals surface area contributed by atoms with Crippen molar-refractivity contribution in [3.63, 3.8) is 0 Å². The summed E-state index contributed by atoms with van der Waals surface area (Å²) in [5.74, 6) is 2.38. The van der Waals surface area contributed by atoms with E-state index in [9.17, 15) is 0 Å². The van der Waals surface area contributed by atoms with Crippen molar-refractivity contribution in [2.75, 3.05) is 9.80 Å². The van der Waals surface area contributed by atoms with E-state index in [0.29, 0.717) is 23.7 Å². The SMILES string of the molecule is CC1CCC2(C)C1c1cc(-c3ccc4c(c3)C(C)(C)c3cc(-c5ccc6c(c5)C5C(C)CCC5(C)N6c5ccccc5)ccc3-4)ccc1N2c1ccccc1. The van der Waals surface area contributed by atoms with Gasteiger partial charge in [-0.1, -0.05) is 100 Å². The molecule has 2 saturated carbocycles. The first kappa shape index (κ1) is 33.3. The van der Waals surface area contributed by atoms with Gasteiger partial charge in [-0.05, 0) is 168 Å². The van der Waals surface area contributed by atoms with Crippen LogP contribution in [0.5, 0.6) is 0 Å². The Morgan fingerprint density at radius 1 is 0.455 bits per heavy atom. The number of nitrogens with zero attached hydrogens (tertiary/aromatic N) is 2. The van der Waals surface area contributed by atoms with E-state index in [1.807, 2.05) is 0 Å². The van der Waals surface area contributed by atoms with E-state index in [1.165, 1.54) is 104 Å². The topological polar surface area (TPSA) is 6.48 Å². The Labute approximate surface area is 327 Å². The van der Waals surface area contributed by atoms with Gasteiger partial charge in [0.2, 0.25) is 0 Å². The van der Waals surface area contributed by atoms with E-state index in [0.717, 1.165) is 0 Å². The van der Waals surface area contributed by atoms with Crippen molar-refractivity contribution in [2.45, 2.75) is 95.6 Å². The Morgan fingerprint density at radius 3 is 1.25 bits per heavy atom. The fourth-order valence-corrected chi connectivity index (χ4v) is 12.7. The summed E-state index contributed by atoms with van der Waals surface area (Å²) in [6, 6.07) is 51.4. The third kappa shape index (κ3) is 4.49. The van der Waals surface area contributed by atoms with E-state index >= 15 is 0 Å². The molecule has 0 saturated heterocycles. The van der Waals surface area contributed by atoms with Crippen molar-refractivity contribution in [2.24, 2.45) is 11.8 Å². The molecular formula is C53H52N2. The second-order valence-corrected chi connectivity index (χ2v) is 18.7. The van der Waals surface area contributed by atoms with Crippen molar-refractivity contribution in [3.8, 4) is 33.4 Å². The predicted octanol–water partition coefficient (Wildman–Crippen LogP) is 14.2. The van der Waals surface area contributed by atoms with Gasteiger partial charge in [-0.2, -0.15) is 0 Å². The van der Waals surface area contributed by atoms with Crippen LogP contribution in [0.3, 0.4) is 0 Å². The summed E-state index contributed by atoms with van der Waals surface area (Å²) in [5.41, 5.74) is 19.5. The zero-order chi connectivity index (χ0) is 37.4. The molecule has 6 atom stereocenters. The highest BCUT2D eigenvalue weighted by Crippen LogP contribution is 2.63. The Bertz CT molecular complexity index is 2340. The predicted molar refractivity (Wildman–Crippen MR) is 231 cm³/mol. The number of benzene rings is 6. The monoisotopic (exact) mass is 716 g/mol. The van der Waals surface area contributed by atoms with Crippen LogP contribution in [0.4, 0.5) is 22.7 Å². The number of hydrogen-bond acceptors (Lipinski definition) is 2. The maximum Gasteiger partial charge on any atom is 0.0495 e. The molecule has 0 bridgehead atoms. The van der Waals surface area contributed by atoms with Gasteiger partial charge in [-0.25, -0.2) is 0 Å². The first-order valence-corrected chi connectivity index (χ1v) is 20.9. The maximum absolute atomic E-state index is 2.66. The minimum Gasteiger partial charge on any atom is -0.335 e. The van der Waals surface area contributed by atoms with Crippen molar-refractivity contribution in [1.82, 2.24) is 0 Å². The lowest BCUT2D eigenvalue weighted by molar-refractivity contribution is 0.414. The molecule has 55 heavy (non-hydrogen) atoms. The molecule has 0 spiro atoms. The van der Waals surface area contributed by atoms with E-state index in [-0.39, 0.29) is 16.5 Å². The minimum absolute atomic E-state index is 0.102. The quantitative estimate of drug-likeness (QED) is 0.179. The van der Waals surface area contributed by atoms with Gasteiger partial charge < -0.3 is 9.80 Å². The number of fused-ring (bicyclic) bond motifs is 9. The van der Waals surface area contributed by atoms with Crippen LogP contribution in [-0.4, -0.2) is 11.1 Å². The summed E-state index contributed by atoms with van der Waals surface area (Å²) in [6.45, 7) is 14.8. The molecule has 274 valence electrons. The zero-order valence-electron chi connectivity index (χ0n) is 33.2. The molecule has 3 aliphatic carbocycles. The normalized spacial score (nSPS) is 27.7. The Hall–Kier alpha value is -5.08. The molecule has 0 radical (unpaired) electrons. The van der Waals surface area contributed by atoms with Gasteiger partial charge >= 0.3 is 0 Å². The summed E-state index contributed by atoms with van der Waals surface area (Å²) in [6.07, 6.45) is 5.00. The van der Waals surface area contributed by atoms with Crippen molar-refractivity contribution in [3.05, 3.63) is 156 Å². The average molecular weight is 717 g/mol. The van der Waals surface area contributed by atoms with Gasteiger partial charge in [-0.15, -0.1) is 0 Å². The molecule has 2 nitrogen and oxygen atoms in total. The summed E-state index contributed by atoms with van der Waals surface area (Å²) >= 11 is 0. The summed E-state index contributed by atoms with van der Waals surface area (Å²) in [5, 5.41) is 0. The third-order valence-electron chi connectivity index (χ3n) is 15.3. The van der Waals surface area contributed by atoms with Crippen LogP contribution in [-0.2, 0) is 5.41 Å². The fourth-order valence-electron chi connectivity index (χ4n) is 12.7. The molecule has 0 amide bonds. The molecule has 2 heteroatoms. The highest BCUT2D eigenvalue weighted by Gasteiger charge is 2.55. The fraction of sp³-hybridized carbons (Fsp3) is 0.321.